The molecular weight excluding hydrogens is 232 g/mol. The van der Waals surface area contributed by atoms with Crippen molar-refractivity contribution >= 4 is 0 Å². The van der Waals surface area contributed by atoms with Crippen LogP contribution in [0.25, 0.3) is 0 Å². The van der Waals surface area contributed by atoms with Gasteiger partial charge in [0.05, 0.1) is 0 Å². The predicted molar refractivity (Wildman–Crippen MR) is 83.5 cm³/mol. The summed E-state index contributed by atoms with van der Waals surface area (Å²) in [5.74, 6) is 1.77. The van der Waals surface area contributed by atoms with Crippen LogP contribution >= 0.6 is 0 Å². The molecule has 1 heterocycles. The van der Waals surface area contributed by atoms with Crippen LogP contribution in [0.5, 0.6) is 0 Å². The largest absolute Gasteiger partial charge is 0.314 e. The molecule has 2 fully saturated rings. The number of hydrogen-bond acceptors (Lipinski definition) is 2. The monoisotopic (exact) mass is 266 g/mol. The zero-order chi connectivity index (χ0) is 13.7. The van der Waals surface area contributed by atoms with E-state index in [2.05, 4.69) is 31.0 Å². The van der Waals surface area contributed by atoms with Crippen molar-refractivity contribution in [2.24, 2.45) is 11.8 Å². The van der Waals surface area contributed by atoms with Gasteiger partial charge in [-0.2, -0.15) is 0 Å². The van der Waals surface area contributed by atoms with Gasteiger partial charge in [0.2, 0.25) is 0 Å². The van der Waals surface area contributed by atoms with Crippen molar-refractivity contribution in [3.05, 3.63) is 0 Å². The predicted octanol–water partition coefficient (Wildman–Crippen LogP) is 3.67. The first-order valence-electron chi connectivity index (χ1n) is 8.69. The van der Waals surface area contributed by atoms with Crippen LogP contribution in [0, 0.1) is 11.8 Å². The Labute approximate surface area is 120 Å². The maximum atomic E-state index is 3.76. The Morgan fingerprint density at radius 3 is 2.58 bits per heavy atom. The minimum Gasteiger partial charge on any atom is -0.314 e. The molecule has 112 valence electrons. The minimum atomic E-state index is 0.775. The Bertz CT molecular complexity index is 254. The van der Waals surface area contributed by atoms with E-state index in [4.69, 9.17) is 0 Å². The summed E-state index contributed by atoms with van der Waals surface area (Å²) in [6, 6.07) is 1.57. The second-order valence-electron chi connectivity index (χ2n) is 6.92. The first-order valence-corrected chi connectivity index (χ1v) is 8.69. The summed E-state index contributed by atoms with van der Waals surface area (Å²) >= 11 is 0. The maximum absolute atomic E-state index is 3.76. The molecule has 1 saturated carbocycles. The number of nitrogens with zero attached hydrogens (tertiary/aromatic N) is 1. The highest BCUT2D eigenvalue weighted by Gasteiger charge is 2.30. The summed E-state index contributed by atoms with van der Waals surface area (Å²) in [6.45, 7) is 10.9. The highest BCUT2D eigenvalue weighted by Crippen LogP contribution is 2.28. The molecule has 0 aromatic heterocycles. The molecule has 2 rings (SSSR count). The summed E-state index contributed by atoms with van der Waals surface area (Å²) < 4.78 is 0. The lowest BCUT2D eigenvalue weighted by molar-refractivity contribution is 0.0845. The average Bonchev–Trinajstić information content (AvgIpc) is 2.62. The summed E-state index contributed by atoms with van der Waals surface area (Å²) in [5.41, 5.74) is 0. The normalized spacial score (nSPS) is 38.1. The molecule has 2 aliphatic rings. The van der Waals surface area contributed by atoms with Gasteiger partial charge >= 0.3 is 0 Å². The fraction of sp³-hybridized carbons (Fsp3) is 1.00. The van der Waals surface area contributed by atoms with Crippen LogP contribution in [0.15, 0.2) is 0 Å². The first kappa shape index (κ1) is 15.3. The van der Waals surface area contributed by atoms with Gasteiger partial charge in [-0.15, -0.1) is 0 Å². The molecule has 0 aromatic carbocycles. The van der Waals surface area contributed by atoms with Crippen LogP contribution < -0.4 is 5.32 Å². The maximum Gasteiger partial charge on any atom is 0.0107 e. The van der Waals surface area contributed by atoms with E-state index in [1.165, 1.54) is 58.0 Å². The topological polar surface area (TPSA) is 15.3 Å². The van der Waals surface area contributed by atoms with Gasteiger partial charge in [-0.3, -0.25) is 0 Å². The third-order valence-corrected chi connectivity index (χ3v) is 5.60. The highest BCUT2D eigenvalue weighted by atomic mass is 15.2. The molecule has 0 spiro atoms. The Morgan fingerprint density at radius 2 is 1.79 bits per heavy atom. The molecule has 0 radical (unpaired) electrons. The van der Waals surface area contributed by atoms with Crippen molar-refractivity contribution in [1.82, 2.24) is 10.2 Å². The van der Waals surface area contributed by atoms with Crippen molar-refractivity contribution < 1.29 is 0 Å². The smallest absolute Gasteiger partial charge is 0.0107 e. The van der Waals surface area contributed by atoms with Gasteiger partial charge in [0.15, 0.2) is 0 Å². The highest BCUT2D eigenvalue weighted by molar-refractivity contribution is 4.86. The molecule has 2 nitrogen and oxygen atoms in total. The Hall–Kier alpha value is -0.0800. The summed E-state index contributed by atoms with van der Waals surface area (Å²) in [6.07, 6.45) is 10.0. The molecule has 0 aromatic rings. The molecular formula is C17H34N2. The second-order valence-corrected chi connectivity index (χ2v) is 6.92. The number of likely N-dealkylation sites (tertiary alicyclic amines) is 1. The van der Waals surface area contributed by atoms with Crippen LogP contribution in [-0.2, 0) is 0 Å². The van der Waals surface area contributed by atoms with Crippen LogP contribution in [0.4, 0.5) is 0 Å². The van der Waals surface area contributed by atoms with Crippen molar-refractivity contribution in [2.75, 3.05) is 19.6 Å². The van der Waals surface area contributed by atoms with E-state index < -0.39 is 0 Å². The summed E-state index contributed by atoms with van der Waals surface area (Å²) in [7, 11) is 0. The number of piperidine rings is 1. The Balaban J connectivity index is 1.93. The van der Waals surface area contributed by atoms with Gasteiger partial charge in [-0.1, -0.05) is 33.1 Å². The lowest BCUT2D eigenvalue weighted by Crippen LogP contribution is -2.48. The van der Waals surface area contributed by atoms with Gasteiger partial charge in [-0.05, 0) is 57.5 Å². The summed E-state index contributed by atoms with van der Waals surface area (Å²) in [4.78, 5) is 2.79. The molecule has 4 unspecified atom stereocenters. The first-order chi connectivity index (χ1) is 9.22. The molecule has 1 aliphatic heterocycles. The molecule has 1 N–H and O–H groups in total. The van der Waals surface area contributed by atoms with Crippen LogP contribution in [-0.4, -0.2) is 36.6 Å². The third kappa shape index (κ3) is 4.19. The van der Waals surface area contributed by atoms with E-state index in [1.807, 2.05) is 0 Å². The van der Waals surface area contributed by atoms with Crippen LogP contribution in [0.3, 0.4) is 0 Å². The van der Waals surface area contributed by atoms with E-state index >= 15 is 0 Å². The molecule has 0 bridgehead atoms. The fourth-order valence-corrected chi connectivity index (χ4v) is 4.11. The van der Waals surface area contributed by atoms with E-state index in [0.29, 0.717) is 0 Å². The van der Waals surface area contributed by atoms with E-state index in [1.54, 1.807) is 0 Å². The lowest BCUT2D eigenvalue weighted by Gasteiger charge is -2.41. The number of hydrogen-bond donors (Lipinski definition) is 1. The van der Waals surface area contributed by atoms with E-state index in [9.17, 15) is 0 Å². The van der Waals surface area contributed by atoms with Crippen molar-refractivity contribution in [2.45, 2.75) is 77.8 Å². The van der Waals surface area contributed by atoms with Crippen LogP contribution in [0.1, 0.15) is 65.7 Å². The van der Waals surface area contributed by atoms with Crippen molar-refractivity contribution in [1.29, 1.82) is 0 Å². The Morgan fingerprint density at radius 1 is 1.00 bits per heavy atom. The van der Waals surface area contributed by atoms with Crippen molar-refractivity contribution in [3.63, 3.8) is 0 Å². The second kappa shape index (κ2) is 7.64. The lowest BCUT2D eigenvalue weighted by atomic mass is 9.88. The SMILES string of the molecule is CCNC1CCCCCC1CN1CCCC(C)C1C. The minimum absolute atomic E-state index is 0.775. The van der Waals surface area contributed by atoms with Gasteiger partial charge in [0.25, 0.3) is 0 Å². The quantitative estimate of drug-likeness (QED) is 0.781. The van der Waals surface area contributed by atoms with Gasteiger partial charge in [0.1, 0.15) is 0 Å². The molecule has 0 amide bonds. The Kier molecular flexibility index (Phi) is 6.15. The third-order valence-electron chi connectivity index (χ3n) is 5.60. The standard InChI is InChI=1S/C17H34N2/c1-4-18-17-11-7-5-6-10-16(17)13-19-12-8-9-14(2)15(19)3/h14-18H,4-13H2,1-3H3. The fourth-order valence-electron chi connectivity index (χ4n) is 4.11. The summed E-state index contributed by atoms with van der Waals surface area (Å²) in [5, 5.41) is 3.76. The van der Waals surface area contributed by atoms with Gasteiger partial charge < -0.3 is 10.2 Å². The zero-order valence-corrected chi connectivity index (χ0v) is 13.3. The van der Waals surface area contributed by atoms with E-state index in [0.717, 1.165) is 30.5 Å². The van der Waals surface area contributed by atoms with E-state index in [-0.39, 0.29) is 0 Å². The zero-order valence-electron chi connectivity index (χ0n) is 13.3. The number of nitrogens with one attached hydrogen (secondary N) is 1. The molecule has 1 saturated heterocycles. The molecule has 1 aliphatic carbocycles. The van der Waals surface area contributed by atoms with Crippen LogP contribution in [0.2, 0.25) is 0 Å². The van der Waals surface area contributed by atoms with Gasteiger partial charge in [0, 0.05) is 18.6 Å². The van der Waals surface area contributed by atoms with Gasteiger partial charge in [-0.25, -0.2) is 0 Å². The van der Waals surface area contributed by atoms with Crippen molar-refractivity contribution in [3.8, 4) is 0 Å². The molecule has 19 heavy (non-hydrogen) atoms. The average molecular weight is 266 g/mol. The molecule has 4 atom stereocenters. The number of rotatable bonds is 4. The molecule has 2 heteroatoms.